The van der Waals surface area contributed by atoms with Crippen molar-refractivity contribution in [2.75, 3.05) is 25.6 Å². The van der Waals surface area contributed by atoms with E-state index in [9.17, 15) is 9.59 Å². The molecular weight excluding hydrogens is 248 g/mol. The smallest absolute Gasteiger partial charge is 0.340 e. The minimum Gasteiger partial charge on any atom is -0.462 e. The summed E-state index contributed by atoms with van der Waals surface area (Å²) in [5.74, 6) is -0.887. The summed E-state index contributed by atoms with van der Waals surface area (Å²) in [4.78, 5) is 23.6. The molecule has 0 saturated carbocycles. The highest BCUT2D eigenvalue weighted by Crippen LogP contribution is 2.16. The van der Waals surface area contributed by atoms with Crippen molar-refractivity contribution in [2.24, 2.45) is 5.73 Å². The van der Waals surface area contributed by atoms with Crippen LogP contribution >= 0.6 is 0 Å². The molecule has 0 bridgehead atoms. The summed E-state index contributed by atoms with van der Waals surface area (Å²) in [5, 5.41) is 2.61. The molecule has 0 spiro atoms. The van der Waals surface area contributed by atoms with Gasteiger partial charge in [0.25, 0.3) is 5.91 Å². The largest absolute Gasteiger partial charge is 0.462 e. The molecular formula is C13H18N2O4. The minimum atomic E-state index is -0.754. The molecule has 0 fully saturated rings. The molecule has 0 aliphatic rings. The van der Waals surface area contributed by atoms with Crippen LogP contribution in [-0.2, 0) is 14.3 Å². The van der Waals surface area contributed by atoms with Gasteiger partial charge in [-0.1, -0.05) is 12.1 Å². The Kier molecular flexibility index (Phi) is 5.98. The molecule has 0 heterocycles. The summed E-state index contributed by atoms with van der Waals surface area (Å²) in [7, 11) is 1.40. The van der Waals surface area contributed by atoms with Crippen molar-refractivity contribution in [1.82, 2.24) is 0 Å². The standard InChI is InChI=1S/C13H18N2O4/c1-3-19-13(17)9-6-4-5-7-10(9)15-12(16)11(8-14)18-2/h4-7,11H,3,8,14H2,1-2H3,(H,15,16). The second kappa shape index (κ2) is 7.50. The lowest BCUT2D eigenvalue weighted by molar-refractivity contribution is -0.125. The van der Waals surface area contributed by atoms with Crippen LogP contribution in [-0.4, -0.2) is 38.2 Å². The molecule has 1 aromatic carbocycles. The third-order valence-corrected chi connectivity index (χ3v) is 2.47. The third-order valence-electron chi connectivity index (χ3n) is 2.47. The number of hydrogen-bond acceptors (Lipinski definition) is 5. The van der Waals surface area contributed by atoms with E-state index in [1.807, 2.05) is 0 Å². The molecule has 0 aliphatic carbocycles. The van der Waals surface area contributed by atoms with Crippen LogP contribution < -0.4 is 11.1 Å². The van der Waals surface area contributed by atoms with E-state index in [0.717, 1.165) is 0 Å². The van der Waals surface area contributed by atoms with E-state index in [-0.39, 0.29) is 13.2 Å². The zero-order valence-electron chi connectivity index (χ0n) is 11.0. The monoisotopic (exact) mass is 266 g/mol. The number of benzene rings is 1. The van der Waals surface area contributed by atoms with Gasteiger partial charge in [0.15, 0.2) is 0 Å². The van der Waals surface area contributed by atoms with Gasteiger partial charge in [0.2, 0.25) is 0 Å². The molecule has 19 heavy (non-hydrogen) atoms. The van der Waals surface area contributed by atoms with E-state index in [4.69, 9.17) is 15.2 Å². The Balaban J connectivity index is 2.89. The molecule has 3 N–H and O–H groups in total. The zero-order valence-corrected chi connectivity index (χ0v) is 11.0. The number of anilines is 1. The Hall–Kier alpha value is -1.92. The number of amides is 1. The van der Waals surface area contributed by atoms with Gasteiger partial charge in [-0.15, -0.1) is 0 Å². The van der Waals surface area contributed by atoms with Crippen LogP contribution in [0.15, 0.2) is 24.3 Å². The molecule has 0 aliphatic heterocycles. The van der Waals surface area contributed by atoms with E-state index in [1.54, 1.807) is 31.2 Å². The van der Waals surface area contributed by atoms with Gasteiger partial charge < -0.3 is 20.5 Å². The van der Waals surface area contributed by atoms with Gasteiger partial charge in [0.1, 0.15) is 6.10 Å². The van der Waals surface area contributed by atoms with Gasteiger partial charge in [-0.3, -0.25) is 4.79 Å². The molecule has 0 radical (unpaired) electrons. The molecule has 1 rings (SSSR count). The number of methoxy groups -OCH3 is 1. The fourth-order valence-corrected chi connectivity index (χ4v) is 1.50. The number of carbonyl (C=O) groups excluding carboxylic acids is 2. The number of nitrogens with one attached hydrogen (secondary N) is 1. The Morgan fingerprint density at radius 3 is 2.63 bits per heavy atom. The first kappa shape index (κ1) is 15.1. The van der Waals surface area contributed by atoms with Crippen molar-refractivity contribution in [1.29, 1.82) is 0 Å². The number of esters is 1. The lowest BCUT2D eigenvalue weighted by atomic mass is 10.1. The number of nitrogens with two attached hydrogens (primary N) is 1. The maximum Gasteiger partial charge on any atom is 0.340 e. The van der Waals surface area contributed by atoms with Gasteiger partial charge in [-0.05, 0) is 19.1 Å². The van der Waals surface area contributed by atoms with Gasteiger partial charge in [-0.2, -0.15) is 0 Å². The van der Waals surface area contributed by atoms with E-state index >= 15 is 0 Å². The highest BCUT2D eigenvalue weighted by Gasteiger charge is 2.19. The molecule has 1 amide bonds. The number of hydrogen-bond donors (Lipinski definition) is 2. The molecule has 6 nitrogen and oxygen atoms in total. The normalized spacial score (nSPS) is 11.7. The van der Waals surface area contributed by atoms with E-state index in [0.29, 0.717) is 11.3 Å². The Bertz CT molecular complexity index is 444. The third kappa shape index (κ3) is 4.04. The SMILES string of the molecule is CCOC(=O)c1ccccc1NC(=O)C(CN)OC. The van der Waals surface area contributed by atoms with Crippen LogP contribution in [0, 0.1) is 0 Å². The van der Waals surface area contributed by atoms with Crippen molar-refractivity contribution in [3.63, 3.8) is 0 Å². The molecule has 1 atom stereocenters. The summed E-state index contributed by atoms with van der Waals surface area (Å²) < 4.78 is 9.85. The first-order chi connectivity index (χ1) is 9.13. The first-order valence-corrected chi connectivity index (χ1v) is 5.93. The summed E-state index contributed by atoms with van der Waals surface area (Å²) in [5.41, 5.74) is 6.08. The predicted octanol–water partition coefficient (Wildman–Crippen LogP) is 0.776. The van der Waals surface area contributed by atoms with Crippen molar-refractivity contribution in [2.45, 2.75) is 13.0 Å². The van der Waals surface area contributed by atoms with Gasteiger partial charge in [-0.25, -0.2) is 4.79 Å². The number of carbonyl (C=O) groups is 2. The molecule has 0 aromatic heterocycles. The lowest BCUT2D eigenvalue weighted by Gasteiger charge is -2.15. The Labute approximate surface area is 111 Å². The van der Waals surface area contributed by atoms with E-state index < -0.39 is 18.0 Å². The minimum absolute atomic E-state index is 0.0594. The number of rotatable bonds is 6. The van der Waals surface area contributed by atoms with E-state index in [1.165, 1.54) is 7.11 Å². The van der Waals surface area contributed by atoms with Crippen molar-refractivity contribution in [3.8, 4) is 0 Å². The highest BCUT2D eigenvalue weighted by atomic mass is 16.5. The lowest BCUT2D eigenvalue weighted by Crippen LogP contribution is -2.36. The quantitative estimate of drug-likeness (QED) is 0.742. The highest BCUT2D eigenvalue weighted by molar-refractivity contribution is 6.02. The second-order valence-electron chi connectivity index (χ2n) is 3.72. The average molecular weight is 266 g/mol. The molecule has 104 valence electrons. The van der Waals surface area contributed by atoms with E-state index in [2.05, 4.69) is 5.32 Å². The number of para-hydroxylation sites is 1. The predicted molar refractivity (Wildman–Crippen MR) is 70.9 cm³/mol. The number of ether oxygens (including phenoxy) is 2. The van der Waals surface area contributed by atoms with Crippen LogP contribution in [0.25, 0.3) is 0 Å². The molecule has 6 heteroatoms. The fraction of sp³-hybridized carbons (Fsp3) is 0.385. The molecule has 0 saturated heterocycles. The maximum absolute atomic E-state index is 11.8. The van der Waals surface area contributed by atoms with Crippen LogP contribution in [0.4, 0.5) is 5.69 Å². The van der Waals surface area contributed by atoms with Gasteiger partial charge in [0.05, 0.1) is 17.9 Å². The van der Waals surface area contributed by atoms with Crippen LogP contribution in [0.5, 0.6) is 0 Å². The maximum atomic E-state index is 11.8. The van der Waals surface area contributed by atoms with Crippen LogP contribution in [0.3, 0.4) is 0 Å². The van der Waals surface area contributed by atoms with Crippen LogP contribution in [0.1, 0.15) is 17.3 Å². The summed E-state index contributed by atoms with van der Waals surface area (Å²) in [6.07, 6.45) is -0.754. The molecule has 1 aromatic rings. The average Bonchev–Trinajstić information content (AvgIpc) is 2.41. The van der Waals surface area contributed by atoms with Crippen molar-refractivity contribution < 1.29 is 19.1 Å². The Morgan fingerprint density at radius 2 is 2.05 bits per heavy atom. The second-order valence-corrected chi connectivity index (χ2v) is 3.72. The summed E-state index contributed by atoms with van der Waals surface area (Å²) in [6, 6.07) is 6.60. The topological polar surface area (TPSA) is 90.7 Å². The van der Waals surface area contributed by atoms with Crippen molar-refractivity contribution >= 4 is 17.6 Å². The zero-order chi connectivity index (χ0) is 14.3. The van der Waals surface area contributed by atoms with Gasteiger partial charge >= 0.3 is 5.97 Å². The van der Waals surface area contributed by atoms with Crippen molar-refractivity contribution in [3.05, 3.63) is 29.8 Å². The fourth-order valence-electron chi connectivity index (χ4n) is 1.50. The summed E-state index contributed by atoms with van der Waals surface area (Å²) in [6.45, 7) is 2.04. The van der Waals surface area contributed by atoms with Gasteiger partial charge in [0, 0.05) is 13.7 Å². The van der Waals surface area contributed by atoms with Crippen LogP contribution in [0.2, 0.25) is 0 Å². The first-order valence-electron chi connectivity index (χ1n) is 5.93. The summed E-state index contributed by atoms with van der Waals surface area (Å²) >= 11 is 0. The molecule has 1 unspecified atom stereocenters. The Morgan fingerprint density at radius 1 is 1.37 bits per heavy atom.